The third-order valence-electron chi connectivity index (χ3n) is 3.39. The molecule has 1 aromatic heterocycles. The zero-order valence-electron chi connectivity index (χ0n) is 13.1. The summed E-state index contributed by atoms with van der Waals surface area (Å²) in [6.07, 6.45) is 0.826. The number of thioether (sulfide) groups is 1. The number of ether oxygens (including phenoxy) is 1. The van der Waals surface area contributed by atoms with Gasteiger partial charge in [-0.3, -0.25) is 4.79 Å². The monoisotopic (exact) mass is 408 g/mol. The number of aldehydes is 1. The highest BCUT2D eigenvalue weighted by atomic mass is 35.5. The third kappa shape index (κ3) is 4.30. The van der Waals surface area contributed by atoms with E-state index in [1.807, 2.05) is 18.2 Å². The topological polar surface area (TPSA) is 44.1 Å². The summed E-state index contributed by atoms with van der Waals surface area (Å²) in [6, 6.07) is 12.7. The second-order valence-electron chi connectivity index (χ2n) is 5.00. The Kier molecular flexibility index (Phi) is 5.90. The molecule has 3 rings (SSSR count). The van der Waals surface area contributed by atoms with Crippen molar-refractivity contribution in [2.45, 2.75) is 10.1 Å². The molecule has 0 radical (unpaired) electrons. The zero-order valence-corrected chi connectivity index (χ0v) is 16.3. The molecule has 8 heteroatoms. The van der Waals surface area contributed by atoms with Crippen molar-refractivity contribution < 1.29 is 9.53 Å². The zero-order chi connectivity index (χ0) is 17.8. The predicted octanol–water partition coefficient (Wildman–Crippen LogP) is 5.43. The number of rotatable bonds is 6. The van der Waals surface area contributed by atoms with Gasteiger partial charge in [0.05, 0.1) is 12.8 Å². The summed E-state index contributed by atoms with van der Waals surface area (Å²) in [5.41, 5.74) is 2.44. The first-order valence-electron chi connectivity index (χ1n) is 7.21. The summed E-state index contributed by atoms with van der Waals surface area (Å²) in [7, 11) is 1.61. The Labute approximate surface area is 163 Å². The van der Waals surface area contributed by atoms with Crippen LogP contribution in [-0.4, -0.2) is 23.2 Å². The highest BCUT2D eigenvalue weighted by molar-refractivity contribution is 8.00. The second kappa shape index (κ2) is 8.14. The van der Waals surface area contributed by atoms with Gasteiger partial charge in [-0.15, -0.1) is 5.10 Å². The minimum absolute atomic E-state index is 0.621. The van der Waals surface area contributed by atoms with Gasteiger partial charge in [-0.2, -0.15) is 0 Å². The normalized spacial score (nSPS) is 10.6. The van der Waals surface area contributed by atoms with Crippen molar-refractivity contribution in [2.24, 2.45) is 0 Å². The number of carbonyl (C=O) groups excluding carboxylic acids is 1. The van der Waals surface area contributed by atoms with Crippen LogP contribution in [0, 0.1) is 3.95 Å². The molecule has 0 saturated heterocycles. The van der Waals surface area contributed by atoms with Gasteiger partial charge in [0.25, 0.3) is 0 Å². The van der Waals surface area contributed by atoms with Crippen molar-refractivity contribution in [3.05, 3.63) is 62.6 Å². The summed E-state index contributed by atoms with van der Waals surface area (Å²) in [5.74, 6) is 1.38. The van der Waals surface area contributed by atoms with E-state index < -0.39 is 0 Å². The summed E-state index contributed by atoms with van der Waals surface area (Å²) in [4.78, 5) is 11.0. The van der Waals surface area contributed by atoms with E-state index in [4.69, 9.17) is 28.6 Å². The number of benzene rings is 2. The molecule has 0 unspecified atom stereocenters. The first-order valence-corrected chi connectivity index (χ1v) is 9.80. The molecular weight excluding hydrogens is 396 g/mol. The highest BCUT2D eigenvalue weighted by Gasteiger charge is 2.10. The summed E-state index contributed by atoms with van der Waals surface area (Å²) in [5, 5.41) is 5.23. The molecule has 1 heterocycles. The number of aromatic nitrogens is 2. The van der Waals surface area contributed by atoms with Crippen molar-refractivity contribution in [2.75, 3.05) is 7.11 Å². The van der Waals surface area contributed by atoms with Gasteiger partial charge in [-0.1, -0.05) is 34.7 Å². The molecule has 0 aliphatic heterocycles. The maximum Gasteiger partial charge on any atom is 0.184 e. The molecule has 4 nitrogen and oxygen atoms in total. The van der Waals surface area contributed by atoms with Crippen molar-refractivity contribution in [1.29, 1.82) is 0 Å². The van der Waals surface area contributed by atoms with E-state index >= 15 is 0 Å². The van der Waals surface area contributed by atoms with Crippen LogP contribution in [0.1, 0.15) is 15.9 Å². The lowest BCUT2D eigenvalue weighted by atomic mass is 10.1. The van der Waals surface area contributed by atoms with E-state index in [0.717, 1.165) is 27.6 Å². The van der Waals surface area contributed by atoms with Crippen LogP contribution in [0.4, 0.5) is 0 Å². The molecule has 0 saturated carbocycles. The van der Waals surface area contributed by atoms with Gasteiger partial charge in [-0.25, -0.2) is 4.68 Å². The molecule has 0 bridgehead atoms. The Bertz CT molecular complexity index is 951. The quantitative estimate of drug-likeness (QED) is 0.309. The van der Waals surface area contributed by atoms with E-state index in [1.165, 1.54) is 11.3 Å². The average Bonchev–Trinajstić information content (AvgIpc) is 3.01. The minimum atomic E-state index is 0.621. The highest BCUT2D eigenvalue weighted by Crippen LogP contribution is 2.31. The number of hydrogen-bond donors (Lipinski definition) is 0. The smallest absolute Gasteiger partial charge is 0.184 e. The minimum Gasteiger partial charge on any atom is -0.496 e. The molecule has 0 atom stereocenters. The van der Waals surface area contributed by atoms with E-state index in [-0.39, 0.29) is 0 Å². The first-order chi connectivity index (χ1) is 12.1. The Morgan fingerprint density at radius 3 is 2.76 bits per heavy atom. The molecule has 0 aliphatic carbocycles. The molecule has 0 N–H and O–H groups in total. The van der Waals surface area contributed by atoms with Crippen LogP contribution in [0.25, 0.3) is 5.69 Å². The van der Waals surface area contributed by atoms with Gasteiger partial charge >= 0.3 is 0 Å². The lowest BCUT2D eigenvalue weighted by molar-refractivity contribution is 0.112. The average molecular weight is 409 g/mol. The fourth-order valence-electron chi connectivity index (χ4n) is 2.19. The van der Waals surface area contributed by atoms with Crippen LogP contribution in [0.15, 0.2) is 46.8 Å². The molecule has 0 spiro atoms. The largest absolute Gasteiger partial charge is 0.496 e. The Balaban J connectivity index is 1.81. The van der Waals surface area contributed by atoms with Gasteiger partial charge in [0, 0.05) is 21.9 Å². The van der Waals surface area contributed by atoms with Crippen LogP contribution in [0.5, 0.6) is 5.75 Å². The number of hydrogen-bond acceptors (Lipinski definition) is 6. The molecule has 0 fully saturated rings. The molecular formula is C17H13ClN2O2S3. The predicted molar refractivity (Wildman–Crippen MR) is 105 cm³/mol. The molecule has 128 valence electrons. The van der Waals surface area contributed by atoms with Crippen LogP contribution in [-0.2, 0) is 5.75 Å². The number of methoxy groups -OCH3 is 1. The first kappa shape index (κ1) is 18.1. The van der Waals surface area contributed by atoms with Crippen LogP contribution >= 0.6 is 46.9 Å². The molecule has 0 amide bonds. The SMILES string of the molecule is COc1ccc(C=O)cc1CSc1nn(-c2ccc(Cl)cc2)c(=S)s1. The van der Waals surface area contributed by atoms with Gasteiger partial charge < -0.3 is 4.74 Å². The Morgan fingerprint density at radius 1 is 1.32 bits per heavy atom. The van der Waals surface area contributed by atoms with E-state index in [2.05, 4.69) is 5.10 Å². The fraction of sp³-hybridized carbons (Fsp3) is 0.118. The van der Waals surface area contributed by atoms with Crippen LogP contribution in [0.2, 0.25) is 5.02 Å². The van der Waals surface area contributed by atoms with Crippen molar-refractivity contribution in [3.63, 3.8) is 0 Å². The second-order valence-corrected chi connectivity index (χ2v) is 8.28. The van der Waals surface area contributed by atoms with Crippen molar-refractivity contribution in [1.82, 2.24) is 9.78 Å². The van der Waals surface area contributed by atoms with Gasteiger partial charge in [0.1, 0.15) is 12.0 Å². The molecule has 3 aromatic rings. The number of nitrogens with zero attached hydrogens (tertiary/aromatic N) is 2. The maximum atomic E-state index is 11.0. The van der Waals surface area contributed by atoms with Gasteiger partial charge in [-0.05, 0) is 54.7 Å². The van der Waals surface area contributed by atoms with Gasteiger partial charge in [0.15, 0.2) is 8.29 Å². The number of halogens is 1. The summed E-state index contributed by atoms with van der Waals surface area (Å²) < 4.78 is 8.59. The van der Waals surface area contributed by atoms with Crippen molar-refractivity contribution in [3.8, 4) is 11.4 Å². The molecule has 2 aromatic carbocycles. The molecule has 0 aliphatic rings. The van der Waals surface area contributed by atoms with Crippen molar-refractivity contribution >= 4 is 53.2 Å². The van der Waals surface area contributed by atoms with Gasteiger partial charge in [0.2, 0.25) is 0 Å². The third-order valence-corrected chi connectivity index (χ3v) is 6.06. The van der Waals surface area contributed by atoms with E-state index in [0.29, 0.717) is 20.3 Å². The van der Waals surface area contributed by atoms with Crippen LogP contribution in [0.3, 0.4) is 0 Å². The summed E-state index contributed by atoms with van der Waals surface area (Å²) >= 11 is 14.3. The summed E-state index contributed by atoms with van der Waals surface area (Å²) in [6.45, 7) is 0. The van der Waals surface area contributed by atoms with Crippen LogP contribution < -0.4 is 4.74 Å². The standard InChI is InChI=1S/C17H13ClN2O2S3/c1-22-15-7-2-11(9-21)8-12(15)10-24-16-19-20(17(23)25-16)14-5-3-13(18)4-6-14/h2-9H,10H2,1H3. The lowest BCUT2D eigenvalue weighted by Crippen LogP contribution is -1.96. The maximum absolute atomic E-state index is 11.0. The Morgan fingerprint density at radius 2 is 2.08 bits per heavy atom. The number of carbonyl (C=O) groups is 1. The van der Waals surface area contributed by atoms with E-state index in [1.54, 1.807) is 47.8 Å². The Hall–Kier alpha value is -1.67. The molecule has 25 heavy (non-hydrogen) atoms. The van der Waals surface area contributed by atoms with E-state index in [9.17, 15) is 4.79 Å². The fourth-order valence-corrected chi connectivity index (χ4v) is 4.65. The lowest BCUT2D eigenvalue weighted by Gasteiger charge is -2.07.